The molecule has 19 heavy (non-hydrogen) atoms. The van der Waals surface area contributed by atoms with Crippen molar-refractivity contribution in [1.29, 1.82) is 0 Å². The van der Waals surface area contributed by atoms with Crippen molar-refractivity contribution in [2.75, 3.05) is 13.6 Å². The Kier molecular flexibility index (Phi) is 4.88. The quantitative estimate of drug-likeness (QED) is 0.908. The Morgan fingerprint density at radius 1 is 1.21 bits per heavy atom. The van der Waals surface area contributed by atoms with Crippen molar-refractivity contribution >= 4 is 0 Å². The van der Waals surface area contributed by atoms with Crippen LogP contribution in [0.4, 0.5) is 8.78 Å². The van der Waals surface area contributed by atoms with Crippen molar-refractivity contribution < 1.29 is 13.9 Å². The van der Waals surface area contributed by atoms with Gasteiger partial charge in [0, 0.05) is 13.1 Å². The zero-order chi connectivity index (χ0) is 13.8. The van der Waals surface area contributed by atoms with Crippen LogP contribution in [0.3, 0.4) is 0 Å². The number of aliphatic hydroxyl groups is 1. The highest BCUT2D eigenvalue weighted by atomic mass is 19.2. The Hall–Kier alpha value is -1.00. The summed E-state index contributed by atoms with van der Waals surface area (Å²) < 4.78 is 26.0. The third-order valence-electron chi connectivity index (χ3n) is 3.85. The van der Waals surface area contributed by atoms with Crippen LogP contribution >= 0.6 is 0 Å². The molecule has 1 aliphatic carbocycles. The lowest BCUT2D eigenvalue weighted by atomic mass is 9.86. The van der Waals surface area contributed by atoms with Crippen molar-refractivity contribution in [3.63, 3.8) is 0 Å². The van der Waals surface area contributed by atoms with Gasteiger partial charge in [-0.05, 0) is 43.5 Å². The molecule has 1 N–H and O–H groups in total. The van der Waals surface area contributed by atoms with E-state index in [1.807, 2.05) is 7.05 Å². The van der Waals surface area contributed by atoms with Crippen LogP contribution in [0.2, 0.25) is 0 Å². The Bertz CT molecular complexity index is 425. The van der Waals surface area contributed by atoms with Gasteiger partial charge in [0.15, 0.2) is 11.6 Å². The minimum Gasteiger partial charge on any atom is -0.393 e. The van der Waals surface area contributed by atoms with Gasteiger partial charge < -0.3 is 10.0 Å². The molecule has 2 atom stereocenters. The first-order chi connectivity index (χ1) is 9.06. The fourth-order valence-electron chi connectivity index (χ4n) is 2.82. The van der Waals surface area contributed by atoms with E-state index < -0.39 is 11.6 Å². The number of nitrogens with zero attached hydrogens (tertiary/aromatic N) is 1. The predicted octanol–water partition coefficient (Wildman–Crippen LogP) is 2.95. The number of hydrogen-bond acceptors (Lipinski definition) is 2. The van der Waals surface area contributed by atoms with Crippen LogP contribution in [0.15, 0.2) is 18.2 Å². The maximum Gasteiger partial charge on any atom is 0.159 e. The molecule has 0 heterocycles. The van der Waals surface area contributed by atoms with E-state index in [1.165, 1.54) is 12.5 Å². The summed E-state index contributed by atoms with van der Waals surface area (Å²) in [7, 11) is 1.95. The molecule has 0 spiro atoms. The molecule has 106 valence electrons. The molecule has 0 amide bonds. The van der Waals surface area contributed by atoms with E-state index in [-0.39, 0.29) is 6.10 Å². The Morgan fingerprint density at radius 3 is 2.63 bits per heavy atom. The second kappa shape index (κ2) is 6.44. The van der Waals surface area contributed by atoms with E-state index in [2.05, 4.69) is 4.90 Å². The van der Waals surface area contributed by atoms with E-state index in [4.69, 9.17) is 0 Å². The van der Waals surface area contributed by atoms with Crippen LogP contribution in [0.5, 0.6) is 0 Å². The number of hydrogen-bond donors (Lipinski definition) is 1. The monoisotopic (exact) mass is 269 g/mol. The minimum absolute atomic E-state index is 0.221. The molecule has 4 heteroatoms. The summed E-state index contributed by atoms with van der Waals surface area (Å²) >= 11 is 0. The van der Waals surface area contributed by atoms with Crippen LogP contribution in [-0.2, 0) is 6.54 Å². The van der Waals surface area contributed by atoms with Gasteiger partial charge in [-0.3, -0.25) is 0 Å². The molecule has 0 saturated heterocycles. The van der Waals surface area contributed by atoms with Crippen LogP contribution in [0, 0.1) is 17.6 Å². The van der Waals surface area contributed by atoms with Crippen molar-refractivity contribution in [2.45, 2.75) is 38.3 Å². The summed E-state index contributed by atoms with van der Waals surface area (Å²) in [6.07, 6.45) is 3.97. The molecule has 1 saturated carbocycles. The first-order valence-electron chi connectivity index (χ1n) is 6.87. The number of rotatable bonds is 4. The normalized spacial score (nSPS) is 23.8. The number of benzene rings is 1. The molecule has 2 unspecified atom stereocenters. The highest BCUT2D eigenvalue weighted by Crippen LogP contribution is 2.25. The second-order valence-corrected chi connectivity index (χ2v) is 5.56. The van der Waals surface area contributed by atoms with E-state index in [9.17, 15) is 13.9 Å². The van der Waals surface area contributed by atoms with E-state index in [1.54, 1.807) is 6.07 Å². The summed E-state index contributed by atoms with van der Waals surface area (Å²) in [6.45, 7) is 1.36. The molecular formula is C15H21F2NO. The van der Waals surface area contributed by atoms with Gasteiger partial charge in [-0.25, -0.2) is 8.78 Å². The van der Waals surface area contributed by atoms with Crippen molar-refractivity contribution in [1.82, 2.24) is 4.90 Å². The highest BCUT2D eigenvalue weighted by Gasteiger charge is 2.24. The second-order valence-electron chi connectivity index (χ2n) is 5.56. The summed E-state index contributed by atoms with van der Waals surface area (Å²) in [4.78, 5) is 2.06. The Labute approximate surface area is 113 Å². The third-order valence-corrected chi connectivity index (χ3v) is 3.85. The van der Waals surface area contributed by atoms with Gasteiger partial charge >= 0.3 is 0 Å². The van der Waals surface area contributed by atoms with E-state index in [0.717, 1.165) is 37.4 Å². The lowest BCUT2D eigenvalue weighted by molar-refractivity contribution is 0.0501. The molecule has 0 bridgehead atoms. The smallest absolute Gasteiger partial charge is 0.159 e. The largest absolute Gasteiger partial charge is 0.393 e. The summed E-state index contributed by atoms with van der Waals surface area (Å²) in [5.41, 5.74) is 0.756. The molecule has 2 rings (SSSR count). The maximum atomic E-state index is 13.1. The van der Waals surface area contributed by atoms with Crippen molar-refractivity contribution in [3.8, 4) is 0 Å². The molecular weight excluding hydrogens is 248 g/mol. The fraction of sp³-hybridized carbons (Fsp3) is 0.600. The molecule has 1 aromatic rings. The van der Waals surface area contributed by atoms with Crippen LogP contribution in [-0.4, -0.2) is 29.7 Å². The van der Waals surface area contributed by atoms with Crippen LogP contribution < -0.4 is 0 Å². The molecule has 1 aromatic carbocycles. The number of halogens is 2. The average Bonchev–Trinajstić information content (AvgIpc) is 2.37. The van der Waals surface area contributed by atoms with Crippen LogP contribution in [0.1, 0.15) is 31.2 Å². The maximum absolute atomic E-state index is 13.1. The van der Waals surface area contributed by atoms with E-state index >= 15 is 0 Å². The van der Waals surface area contributed by atoms with Gasteiger partial charge in [0.1, 0.15) is 0 Å². The third kappa shape index (κ3) is 3.98. The Morgan fingerprint density at radius 2 is 1.95 bits per heavy atom. The average molecular weight is 269 g/mol. The predicted molar refractivity (Wildman–Crippen MR) is 70.7 cm³/mol. The fourth-order valence-corrected chi connectivity index (χ4v) is 2.82. The summed E-state index contributed by atoms with van der Waals surface area (Å²) in [5.74, 6) is -1.32. The van der Waals surface area contributed by atoms with Gasteiger partial charge in [0.05, 0.1) is 6.10 Å². The van der Waals surface area contributed by atoms with Gasteiger partial charge in [0.2, 0.25) is 0 Å². The van der Waals surface area contributed by atoms with Gasteiger partial charge in [0.25, 0.3) is 0 Å². The van der Waals surface area contributed by atoms with Crippen LogP contribution in [0.25, 0.3) is 0 Å². The topological polar surface area (TPSA) is 23.5 Å². The lowest BCUT2D eigenvalue weighted by Crippen LogP contribution is -2.34. The zero-order valence-corrected chi connectivity index (χ0v) is 11.3. The SMILES string of the molecule is CN(Cc1ccc(F)c(F)c1)CC1CCCCC1O. The van der Waals surface area contributed by atoms with Crippen molar-refractivity contribution in [2.24, 2.45) is 5.92 Å². The standard InChI is InChI=1S/C15H21F2NO/c1-18(10-12-4-2-3-5-15(12)19)9-11-6-7-13(16)14(17)8-11/h6-8,12,15,19H,2-5,9-10H2,1H3. The Balaban J connectivity index is 1.89. The van der Waals surface area contributed by atoms with Crippen molar-refractivity contribution in [3.05, 3.63) is 35.4 Å². The van der Waals surface area contributed by atoms with Gasteiger partial charge in [-0.1, -0.05) is 18.9 Å². The molecule has 1 fully saturated rings. The first-order valence-corrected chi connectivity index (χ1v) is 6.87. The molecule has 0 radical (unpaired) electrons. The molecule has 0 aliphatic heterocycles. The van der Waals surface area contributed by atoms with Gasteiger partial charge in [-0.15, -0.1) is 0 Å². The molecule has 0 aromatic heterocycles. The summed E-state index contributed by atoms with van der Waals surface area (Å²) in [5, 5.41) is 9.93. The zero-order valence-electron chi connectivity index (χ0n) is 11.3. The molecule has 1 aliphatic rings. The molecule has 2 nitrogen and oxygen atoms in total. The number of aliphatic hydroxyl groups excluding tert-OH is 1. The highest BCUT2D eigenvalue weighted by molar-refractivity contribution is 5.17. The minimum atomic E-state index is -0.811. The first kappa shape index (κ1) is 14.4. The van der Waals surface area contributed by atoms with E-state index in [0.29, 0.717) is 12.5 Å². The summed E-state index contributed by atoms with van der Waals surface area (Å²) in [6, 6.07) is 4.00. The lowest BCUT2D eigenvalue weighted by Gasteiger charge is -2.31. The van der Waals surface area contributed by atoms with Gasteiger partial charge in [-0.2, -0.15) is 0 Å².